The highest BCUT2D eigenvalue weighted by Crippen LogP contribution is 2.60. The smallest absolute Gasteiger partial charge is 0.148 e. The number of hydrogen-bond donors (Lipinski definition) is 2. The summed E-state index contributed by atoms with van der Waals surface area (Å²) in [6, 6.07) is 0. The molecule has 0 aromatic carbocycles. The lowest BCUT2D eigenvalue weighted by atomic mass is 9.51. The first kappa shape index (κ1) is 11.8. The number of anilines is 1. The molecule has 1 heterocycles. The Morgan fingerprint density at radius 1 is 1.11 bits per heavy atom. The van der Waals surface area contributed by atoms with E-state index >= 15 is 0 Å². The molecule has 0 unspecified atom stereocenters. The van der Waals surface area contributed by atoms with Crippen molar-refractivity contribution in [1.29, 1.82) is 0 Å². The Morgan fingerprint density at radius 2 is 1.74 bits per heavy atom. The summed E-state index contributed by atoms with van der Waals surface area (Å²) in [4.78, 5) is 0. The number of nitrogens with two attached hydrogens (primary N) is 1. The van der Waals surface area contributed by atoms with Crippen molar-refractivity contribution in [2.45, 2.75) is 57.8 Å². The van der Waals surface area contributed by atoms with Gasteiger partial charge in [0.25, 0.3) is 0 Å². The number of rotatable bonds is 3. The van der Waals surface area contributed by atoms with E-state index in [-0.39, 0.29) is 0 Å². The van der Waals surface area contributed by atoms with Crippen LogP contribution in [0.15, 0.2) is 0 Å². The molecule has 4 aliphatic rings. The predicted octanol–water partition coefficient (Wildman–Crippen LogP) is 3.48. The first-order valence-electron chi connectivity index (χ1n) is 8.08. The molecule has 1 aromatic heterocycles. The molecule has 4 saturated carbocycles. The Balaban J connectivity index is 1.69. The average Bonchev–Trinajstić information content (AvgIpc) is 2.71. The second-order valence-corrected chi connectivity index (χ2v) is 7.21. The van der Waals surface area contributed by atoms with Gasteiger partial charge in [0.1, 0.15) is 5.82 Å². The van der Waals surface area contributed by atoms with Crippen LogP contribution in [-0.4, -0.2) is 10.2 Å². The molecule has 0 aliphatic heterocycles. The molecule has 0 radical (unpaired) electrons. The zero-order valence-corrected chi connectivity index (χ0v) is 11.9. The molecule has 0 saturated heterocycles. The lowest BCUT2D eigenvalue weighted by molar-refractivity contribution is -0.00444. The monoisotopic (exact) mass is 259 g/mol. The summed E-state index contributed by atoms with van der Waals surface area (Å²) in [5.74, 6) is 5.38. The molecule has 3 nitrogen and oxygen atoms in total. The summed E-state index contributed by atoms with van der Waals surface area (Å²) in [6.07, 6.45) is 9.60. The Hall–Kier alpha value is -0.990. The summed E-state index contributed by atoms with van der Waals surface area (Å²) in [7, 11) is 0. The van der Waals surface area contributed by atoms with Crippen LogP contribution in [0.3, 0.4) is 0 Å². The number of H-pyrrole nitrogens is 1. The van der Waals surface area contributed by atoms with E-state index in [1.54, 1.807) is 0 Å². The second kappa shape index (κ2) is 4.26. The molecule has 19 heavy (non-hydrogen) atoms. The summed E-state index contributed by atoms with van der Waals surface area (Å²) in [6.45, 7) is 2.23. The maximum Gasteiger partial charge on any atom is 0.148 e. The van der Waals surface area contributed by atoms with Crippen LogP contribution in [0, 0.1) is 23.7 Å². The van der Waals surface area contributed by atoms with Crippen molar-refractivity contribution < 1.29 is 0 Å². The molecule has 0 atom stereocenters. The molecule has 0 spiro atoms. The van der Waals surface area contributed by atoms with Gasteiger partial charge < -0.3 is 5.73 Å². The minimum absolute atomic E-state index is 0.735. The van der Waals surface area contributed by atoms with Crippen molar-refractivity contribution in [1.82, 2.24) is 10.2 Å². The molecule has 0 amide bonds. The van der Waals surface area contributed by atoms with Crippen LogP contribution in [0.2, 0.25) is 0 Å². The van der Waals surface area contributed by atoms with Crippen molar-refractivity contribution in [3.63, 3.8) is 0 Å². The van der Waals surface area contributed by atoms with Crippen LogP contribution >= 0.6 is 0 Å². The van der Waals surface area contributed by atoms with E-state index in [1.807, 2.05) is 0 Å². The van der Waals surface area contributed by atoms with Gasteiger partial charge in [-0.1, -0.05) is 13.3 Å². The van der Waals surface area contributed by atoms with Gasteiger partial charge >= 0.3 is 0 Å². The molecule has 3 N–H and O–H groups in total. The highest BCUT2D eigenvalue weighted by atomic mass is 15.2. The minimum atomic E-state index is 0.735. The second-order valence-electron chi connectivity index (χ2n) is 7.21. The molecular formula is C16H25N3. The van der Waals surface area contributed by atoms with Gasteiger partial charge in [0.15, 0.2) is 0 Å². The molecule has 5 rings (SSSR count). The lowest BCUT2D eigenvalue weighted by Gasteiger charge is -2.54. The highest BCUT2D eigenvalue weighted by molar-refractivity contribution is 5.44. The van der Waals surface area contributed by atoms with E-state index in [0.29, 0.717) is 0 Å². The van der Waals surface area contributed by atoms with Crippen LogP contribution in [0.4, 0.5) is 5.82 Å². The van der Waals surface area contributed by atoms with Gasteiger partial charge in [0.2, 0.25) is 0 Å². The summed E-state index contributed by atoms with van der Waals surface area (Å²) in [5.41, 5.74) is 8.82. The zero-order valence-electron chi connectivity index (χ0n) is 11.9. The number of nitrogens with one attached hydrogen (secondary N) is 1. The number of hydrogen-bond acceptors (Lipinski definition) is 2. The van der Waals surface area contributed by atoms with Crippen LogP contribution in [-0.2, 0) is 6.42 Å². The number of nitrogen functional groups attached to an aromatic ring is 1. The summed E-state index contributed by atoms with van der Waals surface area (Å²) in [5, 5.41) is 7.63. The van der Waals surface area contributed by atoms with E-state index < -0.39 is 0 Å². The van der Waals surface area contributed by atoms with Crippen LogP contribution in [0.25, 0.3) is 0 Å². The van der Waals surface area contributed by atoms with Crippen LogP contribution in [0.5, 0.6) is 0 Å². The topological polar surface area (TPSA) is 54.7 Å². The highest BCUT2D eigenvalue weighted by Gasteiger charge is 2.49. The maximum absolute atomic E-state index is 6.08. The first-order valence-corrected chi connectivity index (χ1v) is 8.08. The third-order valence-corrected chi connectivity index (χ3v) is 5.99. The minimum Gasteiger partial charge on any atom is -0.382 e. The van der Waals surface area contributed by atoms with Crippen molar-refractivity contribution >= 4 is 5.82 Å². The summed E-state index contributed by atoms with van der Waals surface area (Å²) < 4.78 is 0. The SMILES string of the molecule is CCCc1c(N)n[nH]c1C1C2CC3CC(C2)CC1C3. The lowest BCUT2D eigenvalue weighted by Crippen LogP contribution is -2.44. The van der Waals surface area contributed by atoms with Crippen LogP contribution < -0.4 is 5.73 Å². The van der Waals surface area contributed by atoms with E-state index in [1.165, 1.54) is 43.4 Å². The molecule has 104 valence electrons. The van der Waals surface area contributed by atoms with E-state index in [4.69, 9.17) is 5.73 Å². The van der Waals surface area contributed by atoms with Crippen molar-refractivity contribution in [2.24, 2.45) is 23.7 Å². The van der Waals surface area contributed by atoms with Crippen molar-refractivity contribution in [3.8, 4) is 0 Å². The fraction of sp³-hybridized carbons (Fsp3) is 0.812. The van der Waals surface area contributed by atoms with Crippen LogP contribution in [0.1, 0.15) is 62.6 Å². The fourth-order valence-electron chi connectivity index (χ4n) is 5.58. The molecule has 4 fully saturated rings. The summed E-state index contributed by atoms with van der Waals surface area (Å²) >= 11 is 0. The van der Waals surface area contributed by atoms with Gasteiger partial charge in [-0.15, -0.1) is 0 Å². The third kappa shape index (κ3) is 1.73. The van der Waals surface area contributed by atoms with E-state index in [9.17, 15) is 0 Å². The Bertz CT molecular complexity index is 448. The fourth-order valence-corrected chi connectivity index (χ4v) is 5.58. The number of nitrogens with zero attached hydrogens (tertiary/aromatic N) is 1. The molecule has 3 heteroatoms. The van der Waals surface area contributed by atoms with Gasteiger partial charge in [0.05, 0.1) is 0 Å². The average molecular weight is 259 g/mol. The van der Waals surface area contributed by atoms with Gasteiger partial charge in [-0.2, -0.15) is 5.10 Å². The van der Waals surface area contributed by atoms with Crippen molar-refractivity contribution in [3.05, 3.63) is 11.3 Å². The Kier molecular flexibility index (Phi) is 2.64. The Labute approximate surface area is 115 Å². The quantitative estimate of drug-likeness (QED) is 0.873. The number of aromatic amines is 1. The van der Waals surface area contributed by atoms with Gasteiger partial charge in [0, 0.05) is 17.2 Å². The van der Waals surface area contributed by atoms with Gasteiger partial charge in [-0.05, 0) is 62.2 Å². The standard InChI is InChI=1S/C16H25N3/c1-2-3-13-15(18-19-16(13)17)14-11-5-9-4-10(7-11)8-12(14)6-9/h9-12,14H,2-8H2,1H3,(H3,17,18,19). The zero-order chi connectivity index (χ0) is 13.0. The van der Waals surface area contributed by atoms with E-state index in [2.05, 4.69) is 17.1 Å². The van der Waals surface area contributed by atoms with E-state index in [0.717, 1.165) is 48.2 Å². The third-order valence-electron chi connectivity index (χ3n) is 5.99. The maximum atomic E-state index is 6.08. The first-order chi connectivity index (χ1) is 9.26. The largest absolute Gasteiger partial charge is 0.382 e. The molecule has 1 aromatic rings. The van der Waals surface area contributed by atoms with Gasteiger partial charge in [-0.3, -0.25) is 5.10 Å². The Morgan fingerprint density at radius 3 is 2.32 bits per heavy atom. The molecule has 4 aliphatic carbocycles. The predicted molar refractivity (Wildman–Crippen MR) is 76.8 cm³/mol. The number of aromatic nitrogens is 2. The molecular weight excluding hydrogens is 234 g/mol. The van der Waals surface area contributed by atoms with Gasteiger partial charge in [-0.25, -0.2) is 0 Å². The normalized spacial score (nSPS) is 39.9. The van der Waals surface area contributed by atoms with Crippen molar-refractivity contribution in [2.75, 3.05) is 5.73 Å². The molecule has 4 bridgehead atoms.